The quantitative estimate of drug-likeness (QED) is 0.878. The molecular weight excluding hydrogens is 304 g/mol. The fraction of sp³-hybridized carbons (Fsp3) is 0.200. The first kappa shape index (κ1) is 16.0. The lowest BCUT2D eigenvalue weighted by Crippen LogP contribution is -2.17. The molecule has 0 atom stereocenters. The Morgan fingerprint density at radius 3 is 2.55 bits per heavy atom. The average Bonchev–Trinajstić information content (AvgIpc) is 2.54. The maximum Gasteiger partial charge on any atom is 0.225 e. The zero-order valence-corrected chi connectivity index (χ0v) is 12.8. The zero-order chi connectivity index (χ0) is 16.0. The third kappa shape index (κ3) is 4.29. The van der Waals surface area contributed by atoms with Crippen molar-refractivity contribution in [3.05, 3.63) is 48.8 Å². The highest BCUT2D eigenvalue weighted by Gasteiger charge is 2.16. The molecule has 0 saturated carbocycles. The molecule has 0 aliphatic carbocycles. The Hall–Kier alpha value is -2.41. The van der Waals surface area contributed by atoms with Crippen LogP contribution in [0.3, 0.4) is 0 Å². The van der Waals surface area contributed by atoms with E-state index in [0.717, 1.165) is 0 Å². The van der Waals surface area contributed by atoms with Crippen LogP contribution in [0.25, 0.3) is 0 Å². The van der Waals surface area contributed by atoms with Crippen molar-refractivity contribution >= 4 is 21.4 Å². The predicted octanol–water partition coefficient (Wildman–Crippen LogP) is 1.89. The zero-order valence-electron chi connectivity index (χ0n) is 12.0. The van der Waals surface area contributed by atoms with Crippen LogP contribution in [0.15, 0.2) is 53.7 Å². The highest BCUT2D eigenvalue weighted by Crippen LogP contribution is 2.17. The number of benzene rings is 1. The van der Waals surface area contributed by atoms with Gasteiger partial charge in [-0.1, -0.05) is 0 Å². The summed E-state index contributed by atoms with van der Waals surface area (Å²) in [5, 5.41) is 2.60. The average molecular weight is 320 g/mol. The third-order valence-electron chi connectivity index (χ3n) is 2.96. The van der Waals surface area contributed by atoms with Gasteiger partial charge < -0.3 is 10.1 Å². The van der Waals surface area contributed by atoms with E-state index in [1.165, 1.54) is 25.4 Å². The lowest BCUT2D eigenvalue weighted by Gasteiger charge is -2.07. The monoisotopic (exact) mass is 320 g/mol. The van der Waals surface area contributed by atoms with Crippen LogP contribution in [-0.4, -0.2) is 32.2 Å². The van der Waals surface area contributed by atoms with Gasteiger partial charge in [-0.3, -0.25) is 9.78 Å². The van der Waals surface area contributed by atoms with Crippen molar-refractivity contribution in [3.63, 3.8) is 0 Å². The number of carbonyl (C=O) groups excluding carboxylic acids is 1. The van der Waals surface area contributed by atoms with E-state index in [2.05, 4.69) is 10.3 Å². The Kier molecular flexibility index (Phi) is 5.11. The summed E-state index contributed by atoms with van der Waals surface area (Å²) in [5.74, 6) is -0.0517. The number of hydrogen-bond acceptors (Lipinski definition) is 5. The van der Waals surface area contributed by atoms with Gasteiger partial charge in [0.1, 0.15) is 5.75 Å². The first-order valence-electron chi connectivity index (χ1n) is 6.58. The number of nitrogens with one attached hydrogen (secondary N) is 1. The summed E-state index contributed by atoms with van der Waals surface area (Å²) in [4.78, 5) is 15.8. The molecule has 1 amide bonds. The van der Waals surface area contributed by atoms with Crippen molar-refractivity contribution in [2.45, 2.75) is 11.3 Å². The molecule has 1 heterocycles. The standard InChI is InChI=1S/C15H16N2O4S/c1-21-13-4-6-14(7-5-13)22(19,20)10-8-15(18)17-12-3-2-9-16-11-12/h2-7,9,11H,8,10H2,1H3,(H,17,18). The second-order valence-corrected chi connectivity index (χ2v) is 6.64. The number of pyridine rings is 1. The Balaban J connectivity index is 1.95. The molecular formula is C15H16N2O4S. The van der Waals surface area contributed by atoms with E-state index in [9.17, 15) is 13.2 Å². The van der Waals surface area contributed by atoms with Crippen molar-refractivity contribution in [1.82, 2.24) is 4.98 Å². The summed E-state index contributed by atoms with van der Waals surface area (Å²) in [5.41, 5.74) is 0.536. The fourth-order valence-electron chi connectivity index (χ4n) is 1.79. The van der Waals surface area contributed by atoms with Gasteiger partial charge >= 0.3 is 0 Å². The van der Waals surface area contributed by atoms with Gasteiger partial charge in [0, 0.05) is 12.6 Å². The molecule has 0 radical (unpaired) electrons. The molecule has 116 valence electrons. The number of rotatable bonds is 6. The molecule has 6 nitrogen and oxygen atoms in total. The minimum Gasteiger partial charge on any atom is -0.497 e. The maximum absolute atomic E-state index is 12.2. The summed E-state index contributed by atoms with van der Waals surface area (Å²) < 4.78 is 29.3. The second-order valence-electron chi connectivity index (χ2n) is 4.53. The minimum atomic E-state index is -3.50. The summed E-state index contributed by atoms with van der Waals surface area (Å²) in [7, 11) is -2.00. The van der Waals surface area contributed by atoms with Crippen molar-refractivity contribution in [1.29, 1.82) is 0 Å². The van der Waals surface area contributed by atoms with Crippen molar-refractivity contribution < 1.29 is 17.9 Å². The van der Waals surface area contributed by atoms with Crippen LogP contribution in [0.4, 0.5) is 5.69 Å². The molecule has 1 aromatic heterocycles. The molecule has 22 heavy (non-hydrogen) atoms. The Morgan fingerprint density at radius 2 is 1.95 bits per heavy atom. The van der Waals surface area contributed by atoms with Crippen molar-refractivity contribution in [2.24, 2.45) is 0 Å². The Bertz CT molecular complexity index is 728. The van der Waals surface area contributed by atoms with E-state index in [1.54, 1.807) is 30.5 Å². The van der Waals surface area contributed by atoms with Crippen LogP contribution in [0.5, 0.6) is 5.75 Å². The molecule has 1 N–H and O–H groups in total. The number of sulfone groups is 1. The lowest BCUT2D eigenvalue weighted by atomic mass is 10.3. The van der Waals surface area contributed by atoms with Gasteiger partial charge in [-0.05, 0) is 36.4 Å². The summed E-state index contributed by atoms with van der Waals surface area (Å²) in [6.45, 7) is 0. The molecule has 0 bridgehead atoms. The number of aromatic nitrogens is 1. The molecule has 0 fully saturated rings. The molecule has 2 rings (SSSR count). The number of carbonyl (C=O) groups is 1. The maximum atomic E-state index is 12.2. The van der Waals surface area contributed by atoms with Crippen molar-refractivity contribution in [2.75, 3.05) is 18.2 Å². The highest BCUT2D eigenvalue weighted by molar-refractivity contribution is 7.91. The number of ether oxygens (including phenoxy) is 1. The lowest BCUT2D eigenvalue weighted by molar-refractivity contribution is -0.115. The van der Waals surface area contributed by atoms with E-state index < -0.39 is 9.84 Å². The highest BCUT2D eigenvalue weighted by atomic mass is 32.2. The van der Waals surface area contributed by atoms with E-state index in [-0.39, 0.29) is 23.0 Å². The van der Waals surface area contributed by atoms with Crippen LogP contribution in [0, 0.1) is 0 Å². The molecule has 2 aromatic rings. The molecule has 7 heteroatoms. The minimum absolute atomic E-state index is 0.122. The number of anilines is 1. The third-order valence-corrected chi connectivity index (χ3v) is 4.69. The normalized spacial score (nSPS) is 11.0. The second kappa shape index (κ2) is 7.04. The van der Waals surface area contributed by atoms with Crippen molar-refractivity contribution in [3.8, 4) is 5.75 Å². The molecule has 0 saturated heterocycles. The van der Waals surface area contributed by atoms with Gasteiger partial charge in [0.05, 0.1) is 29.6 Å². The molecule has 0 unspecified atom stereocenters. The first-order chi connectivity index (χ1) is 10.5. The topological polar surface area (TPSA) is 85.4 Å². The van der Waals surface area contributed by atoms with Gasteiger partial charge in [-0.2, -0.15) is 0 Å². The van der Waals surface area contributed by atoms with E-state index in [1.807, 2.05) is 0 Å². The molecule has 0 aliphatic heterocycles. The molecule has 1 aromatic carbocycles. The largest absolute Gasteiger partial charge is 0.497 e. The summed E-state index contributed by atoms with van der Waals surface area (Å²) >= 11 is 0. The van der Waals surface area contributed by atoms with Gasteiger partial charge in [0.2, 0.25) is 5.91 Å². The summed E-state index contributed by atoms with van der Waals surface area (Å²) in [6.07, 6.45) is 2.96. The van der Waals surface area contributed by atoms with Crippen LogP contribution < -0.4 is 10.1 Å². The number of methoxy groups -OCH3 is 1. The molecule has 0 aliphatic rings. The SMILES string of the molecule is COc1ccc(S(=O)(=O)CCC(=O)Nc2cccnc2)cc1. The smallest absolute Gasteiger partial charge is 0.225 e. The van der Waals surface area contributed by atoms with Crippen LogP contribution in [0.2, 0.25) is 0 Å². The fourth-order valence-corrected chi connectivity index (χ4v) is 3.03. The Labute approximate surface area is 129 Å². The van der Waals surface area contributed by atoms with Gasteiger partial charge in [-0.15, -0.1) is 0 Å². The first-order valence-corrected chi connectivity index (χ1v) is 8.23. The van der Waals surface area contributed by atoms with Gasteiger partial charge in [0.25, 0.3) is 0 Å². The Morgan fingerprint density at radius 1 is 1.23 bits per heavy atom. The van der Waals surface area contributed by atoms with Gasteiger partial charge in [-0.25, -0.2) is 8.42 Å². The molecule has 0 spiro atoms. The number of hydrogen-bond donors (Lipinski definition) is 1. The predicted molar refractivity (Wildman–Crippen MR) is 82.5 cm³/mol. The van der Waals surface area contributed by atoms with Crippen LogP contribution in [-0.2, 0) is 14.6 Å². The van der Waals surface area contributed by atoms with Crippen LogP contribution in [0.1, 0.15) is 6.42 Å². The summed E-state index contributed by atoms with van der Waals surface area (Å²) in [6, 6.07) is 9.44. The number of nitrogens with zero attached hydrogens (tertiary/aromatic N) is 1. The van der Waals surface area contributed by atoms with Gasteiger partial charge in [0.15, 0.2) is 9.84 Å². The van der Waals surface area contributed by atoms with Crippen LogP contribution >= 0.6 is 0 Å². The van der Waals surface area contributed by atoms with E-state index >= 15 is 0 Å². The number of amides is 1. The van der Waals surface area contributed by atoms with E-state index in [0.29, 0.717) is 11.4 Å². The van der Waals surface area contributed by atoms with E-state index in [4.69, 9.17) is 4.74 Å².